The molecule has 1 rings (SSSR count). The first-order valence-corrected chi connectivity index (χ1v) is 20.8. The Bertz CT molecular complexity index is 739. The van der Waals surface area contributed by atoms with Crippen LogP contribution in [0.5, 0.6) is 0 Å². The molecule has 0 aliphatic carbocycles. The van der Waals surface area contributed by atoms with Crippen LogP contribution in [0.25, 0.3) is 0 Å². The molecule has 0 aromatic heterocycles. The van der Waals surface area contributed by atoms with Gasteiger partial charge >= 0.3 is 7.82 Å². The second-order valence-corrected chi connectivity index (χ2v) is 17.7. The second kappa shape index (κ2) is 24.2. The molecule has 0 heterocycles. The number of unbranched alkanes of at least 4 members (excludes halogenated alkanes) is 15. The molecule has 0 aliphatic heterocycles. The van der Waals surface area contributed by atoms with Crippen molar-refractivity contribution in [2.75, 3.05) is 25.1 Å². The zero-order valence-corrected chi connectivity index (χ0v) is 28.6. The molecule has 1 aromatic carbocycles. The Balaban J connectivity index is 2.52. The molecule has 0 saturated carbocycles. The minimum atomic E-state index is -4.08. The van der Waals surface area contributed by atoms with E-state index in [1.807, 2.05) is 0 Å². The Morgan fingerprint density at radius 3 is 1.52 bits per heavy atom. The molecule has 2 unspecified atom stereocenters. The monoisotopic (exact) mass is 599 g/mol. The second-order valence-electron chi connectivity index (χ2n) is 11.7. The van der Waals surface area contributed by atoms with E-state index >= 15 is 0 Å². The van der Waals surface area contributed by atoms with Crippen LogP contribution in [-0.4, -0.2) is 36.1 Å². The van der Waals surface area contributed by atoms with Crippen molar-refractivity contribution in [1.82, 2.24) is 0 Å². The lowest BCUT2D eigenvalue weighted by molar-refractivity contribution is 0.0943. The van der Waals surface area contributed by atoms with Crippen molar-refractivity contribution in [3.05, 3.63) is 30.3 Å². The molecule has 6 heteroatoms. The van der Waals surface area contributed by atoms with Crippen LogP contribution in [0.4, 0.5) is 0 Å². The van der Waals surface area contributed by atoms with E-state index < -0.39 is 15.1 Å². The third kappa shape index (κ3) is 17.7. The third-order valence-corrected chi connectivity index (χ3v) is 14.5. The molecule has 234 valence electrons. The standard InChI is InChI=1S/C34H64O4P2/c1-5-9-11-13-15-16-17-19-21-24-28-33(27-23-20-18-14-12-10-6-2)38-40(35,36)37-31-32-39(7-3,8-4)34-29-25-22-26-30-34/h22,25-26,29-30,33H,5-21,23-24,27-28,31-32H2,1-4H3/p+1. The van der Waals surface area contributed by atoms with Crippen molar-refractivity contribution < 1.29 is 18.5 Å². The van der Waals surface area contributed by atoms with Crippen molar-refractivity contribution in [2.45, 2.75) is 156 Å². The molecular weight excluding hydrogens is 534 g/mol. The maximum atomic E-state index is 13.0. The summed E-state index contributed by atoms with van der Waals surface area (Å²) in [6.07, 6.45) is 26.1. The molecule has 0 amide bonds. The first-order chi connectivity index (χ1) is 19.4. The highest BCUT2D eigenvalue weighted by Crippen LogP contribution is 2.57. The van der Waals surface area contributed by atoms with Gasteiger partial charge in [0.25, 0.3) is 0 Å². The lowest BCUT2D eigenvalue weighted by Crippen LogP contribution is -2.21. The SMILES string of the molecule is CCCCCCCCCCCCC(CCCCCCCCC)OP(=O)(O)OCC[P+](CC)(CC)c1ccccc1. The lowest BCUT2D eigenvalue weighted by atomic mass is 10.0. The maximum absolute atomic E-state index is 13.0. The van der Waals surface area contributed by atoms with Gasteiger partial charge in [0.2, 0.25) is 0 Å². The summed E-state index contributed by atoms with van der Waals surface area (Å²) >= 11 is 0. The van der Waals surface area contributed by atoms with Crippen LogP contribution in [0.2, 0.25) is 0 Å². The van der Waals surface area contributed by atoms with Gasteiger partial charge in [0, 0.05) is 7.26 Å². The predicted molar refractivity (Wildman–Crippen MR) is 179 cm³/mol. The molecule has 4 nitrogen and oxygen atoms in total. The van der Waals surface area contributed by atoms with Crippen molar-refractivity contribution in [3.63, 3.8) is 0 Å². The summed E-state index contributed by atoms with van der Waals surface area (Å²) in [6.45, 7) is 9.27. The van der Waals surface area contributed by atoms with E-state index in [1.54, 1.807) is 0 Å². The van der Waals surface area contributed by atoms with Gasteiger partial charge in [0.15, 0.2) is 0 Å². The third-order valence-electron chi connectivity index (χ3n) is 8.58. The number of rotatable bonds is 28. The van der Waals surface area contributed by atoms with Crippen LogP contribution in [0, 0.1) is 0 Å². The normalized spacial score (nSPS) is 14.3. The summed E-state index contributed by atoms with van der Waals surface area (Å²) in [5.41, 5.74) is 0. The van der Waals surface area contributed by atoms with Crippen LogP contribution in [0.1, 0.15) is 150 Å². The number of benzene rings is 1. The summed E-state index contributed by atoms with van der Waals surface area (Å²) in [5.74, 6) is 0. The number of phosphoric ester groups is 1. The molecule has 40 heavy (non-hydrogen) atoms. The van der Waals surface area contributed by atoms with Crippen LogP contribution in [0.3, 0.4) is 0 Å². The van der Waals surface area contributed by atoms with Gasteiger partial charge in [-0.1, -0.05) is 141 Å². The summed E-state index contributed by atoms with van der Waals surface area (Å²) in [7, 11) is -5.50. The Morgan fingerprint density at radius 2 is 1.10 bits per heavy atom. The maximum Gasteiger partial charge on any atom is 0.472 e. The van der Waals surface area contributed by atoms with Gasteiger partial charge in [-0.15, -0.1) is 0 Å². The van der Waals surface area contributed by atoms with Crippen LogP contribution < -0.4 is 5.30 Å². The van der Waals surface area contributed by atoms with Crippen molar-refractivity contribution in [2.24, 2.45) is 0 Å². The Kier molecular flexibility index (Phi) is 22.9. The van der Waals surface area contributed by atoms with Gasteiger partial charge < -0.3 is 4.89 Å². The van der Waals surface area contributed by atoms with Crippen LogP contribution in [0.15, 0.2) is 30.3 Å². The fourth-order valence-corrected chi connectivity index (χ4v) is 10.2. The summed E-state index contributed by atoms with van der Waals surface area (Å²) in [5, 5.41) is 1.38. The van der Waals surface area contributed by atoms with E-state index in [0.29, 0.717) is 0 Å². The highest BCUT2D eigenvalue weighted by molar-refractivity contribution is 7.82. The number of hydrogen-bond acceptors (Lipinski definition) is 3. The van der Waals surface area contributed by atoms with Gasteiger partial charge in [-0.3, -0.25) is 9.05 Å². The van der Waals surface area contributed by atoms with E-state index in [9.17, 15) is 9.46 Å². The molecule has 0 fully saturated rings. The smallest absolute Gasteiger partial charge is 0.302 e. The highest BCUT2D eigenvalue weighted by atomic mass is 31.2. The van der Waals surface area contributed by atoms with Crippen molar-refractivity contribution in [3.8, 4) is 0 Å². The van der Waals surface area contributed by atoms with Crippen LogP contribution >= 0.6 is 15.1 Å². The molecule has 0 bridgehead atoms. The molecule has 1 N–H and O–H groups in total. The van der Waals surface area contributed by atoms with Gasteiger partial charge in [0.1, 0.15) is 0 Å². The quantitative estimate of drug-likeness (QED) is 0.0769. The molecule has 1 aromatic rings. The topological polar surface area (TPSA) is 55.8 Å². The van der Waals surface area contributed by atoms with Crippen molar-refractivity contribution >= 4 is 20.4 Å². The van der Waals surface area contributed by atoms with E-state index in [0.717, 1.165) is 44.2 Å². The van der Waals surface area contributed by atoms with E-state index in [1.165, 1.54) is 102 Å². The molecule has 0 aliphatic rings. The average Bonchev–Trinajstić information content (AvgIpc) is 2.96. The molecule has 0 saturated heterocycles. The Hall–Kier alpha value is -0.240. The Morgan fingerprint density at radius 1 is 0.675 bits per heavy atom. The first kappa shape index (κ1) is 37.8. The lowest BCUT2D eigenvalue weighted by Gasteiger charge is -2.26. The zero-order valence-electron chi connectivity index (χ0n) is 26.8. The molecule has 0 radical (unpaired) electrons. The number of hydrogen-bond donors (Lipinski definition) is 1. The summed E-state index contributed by atoms with van der Waals surface area (Å²) in [6, 6.07) is 10.7. The zero-order chi connectivity index (χ0) is 29.4. The van der Waals surface area contributed by atoms with Crippen molar-refractivity contribution in [1.29, 1.82) is 0 Å². The molecule has 2 atom stereocenters. The molecule has 0 spiro atoms. The Labute approximate surface area is 249 Å². The fraction of sp³-hybridized carbons (Fsp3) is 0.824. The van der Waals surface area contributed by atoms with E-state index in [-0.39, 0.29) is 12.7 Å². The largest absolute Gasteiger partial charge is 0.472 e. The van der Waals surface area contributed by atoms with Gasteiger partial charge in [-0.2, -0.15) is 0 Å². The van der Waals surface area contributed by atoms with E-state index in [4.69, 9.17) is 9.05 Å². The predicted octanol–water partition coefficient (Wildman–Crippen LogP) is 11.3. The molecular formula is C34H65O4P2+. The minimum absolute atomic E-state index is 0.188. The van der Waals surface area contributed by atoms with E-state index in [2.05, 4.69) is 58.0 Å². The van der Waals surface area contributed by atoms with Gasteiger partial charge in [0.05, 0.1) is 36.5 Å². The summed E-state index contributed by atoms with van der Waals surface area (Å²) < 4.78 is 24.5. The number of phosphoric acid groups is 1. The first-order valence-electron chi connectivity index (χ1n) is 17.0. The van der Waals surface area contributed by atoms with Crippen LogP contribution in [-0.2, 0) is 13.6 Å². The van der Waals surface area contributed by atoms with Gasteiger partial charge in [-0.25, -0.2) is 4.57 Å². The summed E-state index contributed by atoms with van der Waals surface area (Å²) in [4.78, 5) is 10.7. The average molecular weight is 600 g/mol. The highest BCUT2D eigenvalue weighted by Gasteiger charge is 2.37. The van der Waals surface area contributed by atoms with Gasteiger partial charge in [-0.05, 0) is 38.8 Å². The minimum Gasteiger partial charge on any atom is -0.302 e. The fourth-order valence-electron chi connectivity index (χ4n) is 5.77.